The van der Waals surface area contributed by atoms with Crippen molar-refractivity contribution in [3.63, 3.8) is 0 Å². The van der Waals surface area contributed by atoms with Crippen LogP contribution < -0.4 is 10.1 Å². The highest BCUT2D eigenvalue weighted by Gasteiger charge is 2.16. The van der Waals surface area contributed by atoms with Crippen LogP contribution >= 0.6 is 11.8 Å². The smallest absolute Gasteiger partial charge is 0.248 e. The van der Waals surface area contributed by atoms with Crippen molar-refractivity contribution in [2.24, 2.45) is 0 Å². The standard InChI is InChI=1S/C28H27NO3S/c1-17-9-10-22(18(2)11-17)25-16-32-27-15-26(31-4)23(14-24(25)27)19(3)12-28(30)29-20-7-6-8-21(13-20)33-5/h6-16H,1-5H3,(H,29,30)/b19-12+. The molecule has 0 unspecified atom stereocenters. The van der Waals surface area contributed by atoms with Gasteiger partial charge >= 0.3 is 0 Å². The molecule has 4 nitrogen and oxygen atoms in total. The number of carbonyl (C=O) groups excluding carboxylic acids is 1. The minimum absolute atomic E-state index is 0.185. The maximum absolute atomic E-state index is 12.7. The van der Waals surface area contributed by atoms with Crippen molar-refractivity contribution in [2.45, 2.75) is 25.7 Å². The summed E-state index contributed by atoms with van der Waals surface area (Å²) in [6, 6.07) is 18.1. The van der Waals surface area contributed by atoms with Gasteiger partial charge in [-0.2, -0.15) is 0 Å². The largest absolute Gasteiger partial charge is 0.496 e. The highest BCUT2D eigenvalue weighted by atomic mass is 32.2. The Bertz CT molecular complexity index is 1370. The highest BCUT2D eigenvalue weighted by Crippen LogP contribution is 2.38. The number of benzene rings is 3. The molecule has 4 rings (SSSR count). The van der Waals surface area contributed by atoms with E-state index in [9.17, 15) is 4.79 Å². The number of amides is 1. The Labute approximate surface area is 198 Å². The van der Waals surface area contributed by atoms with Crippen molar-refractivity contribution in [2.75, 3.05) is 18.7 Å². The highest BCUT2D eigenvalue weighted by molar-refractivity contribution is 7.98. The van der Waals surface area contributed by atoms with Crippen molar-refractivity contribution < 1.29 is 13.9 Å². The minimum Gasteiger partial charge on any atom is -0.496 e. The van der Waals surface area contributed by atoms with Crippen LogP contribution in [0.4, 0.5) is 5.69 Å². The lowest BCUT2D eigenvalue weighted by molar-refractivity contribution is -0.111. The van der Waals surface area contributed by atoms with Crippen LogP contribution in [-0.2, 0) is 4.79 Å². The summed E-state index contributed by atoms with van der Waals surface area (Å²) in [4.78, 5) is 13.8. The van der Waals surface area contributed by atoms with Crippen molar-refractivity contribution in [3.05, 3.63) is 83.6 Å². The van der Waals surface area contributed by atoms with Gasteiger partial charge in [0, 0.05) is 39.2 Å². The number of carbonyl (C=O) groups is 1. The fraction of sp³-hybridized carbons (Fsp3) is 0.179. The molecule has 1 aromatic heterocycles. The van der Waals surface area contributed by atoms with Gasteiger partial charge in [0.15, 0.2) is 0 Å². The lowest BCUT2D eigenvalue weighted by atomic mass is 9.96. The molecule has 4 aromatic rings. The van der Waals surface area contributed by atoms with Crippen LogP contribution in [0.2, 0.25) is 0 Å². The van der Waals surface area contributed by atoms with Crippen LogP contribution in [0.1, 0.15) is 23.6 Å². The van der Waals surface area contributed by atoms with Gasteiger partial charge in [-0.25, -0.2) is 0 Å². The van der Waals surface area contributed by atoms with Gasteiger partial charge in [-0.1, -0.05) is 29.8 Å². The first-order valence-corrected chi connectivity index (χ1v) is 11.9. The van der Waals surface area contributed by atoms with Crippen LogP contribution in [0.3, 0.4) is 0 Å². The molecule has 0 radical (unpaired) electrons. The Hall–Kier alpha value is -3.44. The molecule has 0 aliphatic heterocycles. The van der Waals surface area contributed by atoms with E-state index in [1.165, 1.54) is 11.1 Å². The molecule has 0 aliphatic carbocycles. The molecular formula is C28H27NO3S. The number of hydrogen-bond donors (Lipinski definition) is 1. The van der Waals surface area contributed by atoms with E-state index in [2.05, 4.69) is 37.4 Å². The number of aryl methyl sites for hydroxylation is 2. The van der Waals surface area contributed by atoms with Crippen molar-refractivity contribution in [1.82, 2.24) is 0 Å². The van der Waals surface area contributed by atoms with E-state index in [1.54, 1.807) is 31.2 Å². The Morgan fingerprint density at radius 3 is 2.61 bits per heavy atom. The van der Waals surface area contributed by atoms with Crippen LogP contribution in [0.5, 0.6) is 5.75 Å². The molecule has 1 amide bonds. The van der Waals surface area contributed by atoms with Gasteiger partial charge in [-0.3, -0.25) is 4.79 Å². The number of anilines is 1. The Kier molecular flexibility index (Phi) is 6.61. The molecule has 0 bridgehead atoms. The Morgan fingerprint density at radius 2 is 1.88 bits per heavy atom. The third-order valence-corrected chi connectivity index (χ3v) is 6.40. The summed E-state index contributed by atoms with van der Waals surface area (Å²) in [5.74, 6) is 0.477. The molecule has 0 spiro atoms. The summed E-state index contributed by atoms with van der Waals surface area (Å²) in [5.41, 5.74) is 7.74. The van der Waals surface area contributed by atoms with Gasteiger partial charge in [0.1, 0.15) is 11.3 Å². The molecular weight excluding hydrogens is 430 g/mol. The zero-order chi connectivity index (χ0) is 23.5. The lowest BCUT2D eigenvalue weighted by Crippen LogP contribution is -2.08. The van der Waals surface area contributed by atoms with Crippen LogP contribution in [0.15, 0.2) is 76.2 Å². The maximum atomic E-state index is 12.7. The number of thioether (sulfide) groups is 1. The average molecular weight is 458 g/mol. The summed E-state index contributed by atoms with van der Waals surface area (Å²) >= 11 is 1.64. The van der Waals surface area contributed by atoms with Crippen molar-refractivity contribution >= 4 is 39.9 Å². The van der Waals surface area contributed by atoms with Crippen molar-refractivity contribution in [3.8, 4) is 16.9 Å². The number of furan rings is 1. The first-order chi connectivity index (χ1) is 15.9. The maximum Gasteiger partial charge on any atom is 0.248 e. The SMILES string of the molecule is COc1cc2occ(-c3ccc(C)cc3C)c2cc1/C(C)=C/C(=O)Nc1cccc(SC)c1. The third kappa shape index (κ3) is 4.83. The fourth-order valence-corrected chi connectivity index (χ4v) is 4.47. The van der Waals surface area contributed by atoms with Gasteiger partial charge in [-0.05, 0) is 68.0 Å². The van der Waals surface area contributed by atoms with Gasteiger partial charge in [0.05, 0.1) is 13.4 Å². The van der Waals surface area contributed by atoms with Crippen LogP contribution in [0, 0.1) is 13.8 Å². The summed E-state index contributed by atoms with van der Waals surface area (Å²) in [6.45, 7) is 6.11. The summed E-state index contributed by atoms with van der Waals surface area (Å²) in [7, 11) is 1.62. The molecule has 1 N–H and O–H groups in total. The number of ether oxygens (including phenoxy) is 1. The number of rotatable bonds is 6. The summed E-state index contributed by atoms with van der Waals surface area (Å²) in [6.07, 6.45) is 5.40. The zero-order valence-corrected chi connectivity index (χ0v) is 20.3. The van der Waals surface area contributed by atoms with E-state index >= 15 is 0 Å². The molecule has 0 saturated heterocycles. The van der Waals surface area contributed by atoms with E-state index in [1.807, 2.05) is 49.6 Å². The second-order valence-corrected chi connectivity index (χ2v) is 8.94. The number of hydrogen-bond acceptors (Lipinski definition) is 4. The summed E-state index contributed by atoms with van der Waals surface area (Å²) in [5, 5.41) is 3.93. The number of fused-ring (bicyclic) bond motifs is 1. The first kappa shape index (κ1) is 22.7. The Balaban J connectivity index is 1.71. The quantitative estimate of drug-likeness (QED) is 0.241. The molecule has 33 heavy (non-hydrogen) atoms. The molecule has 0 atom stereocenters. The predicted octanol–water partition coefficient (Wildman–Crippen LogP) is 7.49. The normalized spacial score (nSPS) is 11.6. The molecule has 168 valence electrons. The zero-order valence-electron chi connectivity index (χ0n) is 19.5. The van der Waals surface area contributed by atoms with Crippen LogP contribution in [0.25, 0.3) is 27.7 Å². The van der Waals surface area contributed by atoms with E-state index in [0.717, 1.165) is 43.8 Å². The second-order valence-electron chi connectivity index (χ2n) is 8.06. The summed E-state index contributed by atoms with van der Waals surface area (Å²) < 4.78 is 11.5. The number of methoxy groups -OCH3 is 1. The lowest BCUT2D eigenvalue weighted by Gasteiger charge is -2.11. The third-order valence-electron chi connectivity index (χ3n) is 5.68. The van der Waals surface area contributed by atoms with E-state index < -0.39 is 0 Å². The topological polar surface area (TPSA) is 51.5 Å². The van der Waals surface area contributed by atoms with E-state index in [4.69, 9.17) is 9.15 Å². The van der Waals surface area contributed by atoms with E-state index in [-0.39, 0.29) is 5.91 Å². The molecule has 0 aliphatic rings. The second kappa shape index (κ2) is 9.59. The monoisotopic (exact) mass is 457 g/mol. The molecule has 1 heterocycles. The molecule has 5 heteroatoms. The van der Waals surface area contributed by atoms with Gasteiger partial charge in [-0.15, -0.1) is 11.8 Å². The number of nitrogens with one attached hydrogen (secondary N) is 1. The van der Waals surface area contributed by atoms with Crippen molar-refractivity contribution in [1.29, 1.82) is 0 Å². The van der Waals surface area contributed by atoms with Gasteiger partial charge in [0.2, 0.25) is 5.91 Å². The molecule has 3 aromatic carbocycles. The fourth-order valence-electron chi connectivity index (χ4n) is 4.01. The Morgan fingerprint density at radius 1 is 1.06 bits per heavy atom. The predicted molar refractivity (Wildman–Crippen MR) is 138 cm³/mol. The van der Waals surface area contributed by atoms with Gasteiger partial charge < -0.3 is 14.5 Å². The molecule has 0 saturated carbocycles. The minimum atomic E-state index is -0.185. The average Bonchev–Trinajstić information content (AvgIpc) is 3.20. The first-order valence-electron chi connectivity index (χ1n) is 10.7. The number of allylic oxidation sites excluding steroid dienone is 1. The molecule has 0 fully saturated rings. The van der Waals surface area contributed by atoms with Crippen LogP contribution in [-0.4, -0.2) is 19.3 Å². The van der Waals surface area contributed by atoms with E-state index in [0.29, 0.717) is 5.75 Å². The van der Waals surface area contributed by atoms with Gasteiger partial charge in [0.25, 0.3) is 0 Å².